The van der Waals surface area contributed by atoms with Crippen molar-refractivity contribution in [1.29, 1.82) is 0 Å². The van der Waals surface area contributed by atoms with Gasteiger partial charge in [-0.2, -0.15) is 0 Å². The SMILES string of the molecule is C[C@H](c1ccccc1)N1C(=O)[C@H]2[C@@H]3CC[C@@H](C3)[C@@H]2C1=O. The van der Waals surface area contributed by atoms with Crippen molar-refractivity contribution in [2.45, 2.75) is 32.2 Å². The van der Waals surface area contributed by atoms with Crippen molar-refractivity contribution in [2.24, 2.45) is 23.7 Å². The Morgan fingerprint density at radius 3 is 2.10 bits per heavy atom. The summed E-state index contributed by atoms with van der Waals surface area (Å²) in [5.74, 6) is 1.09. The minimum absolute atomic E-state index is 0.00703. The van der Waals surface area contributed by atoms with Crippen molar-refractivity contribution in [2.75, 3.05) is 0 Å². The number of likely N-dealkylation sites (tertiary alicyclic amines) is 1. The number of carbonyl (C=O) groups is 2. The lowest BCUT2D eigenvalue weighted by Crippen LogP contribution is -2.35. The number of amides is 2. The second-order valence-electron chi connectivity index (χ2n) is 6.52. The van der Waals surface area contributed by atoms with Crippen molar-refractivity contribution in [3.8, 4) is 0 Å². The van der Waals surface area contributed by atoms with Gasteiger partial charge < -0.3 is 0 Å². The highest BCUT2D eigenvalue weighted by Gasteiger charge is 2.61. The summed E-state index contributed by atoms with van der Waals surface area (Å²) in [6, 6.07) is 9.73. The van der Waals surface area contributed by atoms with Crippen LogP contribution in [0.5, 0.6) is 0 Å². The minimum atomic E-state index is -0.138. The quantitative estimate of drug-likeness (QED) is 0.774. The molecule has 104 valence electrons. The molecule has 2 bridgehead atoms. The molecule has 1 aliphatic heterocycles. The first-order valence-corrected chi connectivity index (χ1v) is 7.60. The van der Waals surface area contributed by atoms with E-state index in [0.717, 1.165) is 24.8 Å². The first kappa shape index (κ1) is 12.1. The number of hydrogen-bond donors (Lipinski definition) is 0. The Kier molecular flexibility index (Phi) is 2.53. The number of rotatable bonds is 2. The largest absolute Gasteiger partial charge is 0.275 e. The highest BCUT2D eigenvalue weighted by Crippen LogP contribution is 2.57. The number of benzene rings is 1. The molecule has 3 fully saturated rings. The topological polar surface area (TPSA) is 37.4 Å². The Morgan fingerprint density at radius 1 is 1.00 bits per heavy atom. The molecular weight excluding hydrogens is 250 g/mol. The van der Waals surface area contributed by atoms with Gasteiger partial charge in [0.15, 0.2) is 0 Å². The summed E-state index contributed by atoms with van der Waals surface area (Å²) in [5, 5.41) is 0. The van der Waals surface area contributed by atoms with Crippen molar-refractivity contribution < 1.29 is 9.59 Å². The van der Waals surface area contributed by atoms with E-state index < -0.39 is 0 Å². The smallest absolute Gasteiger partial charge is 0.233 e. The first-order valence-electron chi connectivity index (χ1n) is 7.60. The standard InChI is InChI=1S/C17H19NO2/c1-10(11-5-3-2-4-6-11)18-16(19)14-12-7-8-13(9-12)15(14)17(18)20/h2-6,10,12-15H,7-9H2,1H3/t10-,12-,13+,14+,15+/m1/s1. The maximum atomic E-state index is 12.7. The molecule has 5 atom stereocenters. The molecule has 0 radical (unpaired) electrons. The molecule has 0 aromatic heterocycles. The zero-order valence-electron chi connectivity index (χ0n) is 11.7. The van der Waals surface area contributed by atoms with Crippen molar-refractivity contribution >= 4 is 11.8 Å². The molecule has 3 heteroatoms. The molecule has 0 N–H and O–H groups in total. The van der Waals surface area contributed by atoms with Crippen LogP contribution in [-0.2, 0) is 9.59 Å². The summed E-state index contributed by atoms with van der Waals surface area (Å²) < 4.78 is 0. The number of nitrogens with zero attached hydrogens (tertiary/aromatic N) is 1. The van der Waals surface area contributed by atoms with E-state index in [1.807, 2.05) is 37.3 Å². The maximum Gasteiger partial charge on any atom is 0.233 e. The molecule has 1 heterocycles. The van der Waals surface area contributed by atoms with Gasteiger partial charge >= 0.3 is 0 Å². The third-order valence-electron chi connectivity index (χ3n) is 5.63. The van der Waals surface area contributed by atoms with Crippen LogP contribution in [0.1, 0.15) is 37.8 Å². The van der Waals surface area contributed by atoms with Crippen LogP contribution in [0.25, 0.3) is 0 Å². The van der Waals surface area contributed by atoms with Crippen LogP contribution in [0.15, 0.2) is 30.3 Å². The van der Waals surface area contributed by atoms with E-state index in [1.54, 1.807) is 4.90 Å². The van der Waals surface area contributed by atoms with E-state index in [-0.39, 0.29) is 29.7 Å². The van der Waals surface area contributed by atoms with Crippen LogP contribution in [-0.4, -0.2) is 16.7 Å². The van der Waals surface area contributed by atoms with E-state index in [9.17, 15) is 9.59 Å². The lowest BCUT2D eigenvalue weighted by molar-refractivity contribution is -0.143. The Bertz CT molecular complexity index is 540. The molecule has 1 aromatic rings. The molecule has 1 aromatic carbocycles. The van der Waals surface area contributed by atoms with Crippen LogP contribution in [0.3, 0.4) is 0 Å². The van der Waals surface area contributed by atoms with E-state index >= 15 is 0 Å². The van der Waals surface area contributed by atoms with E-state index in [2.05, 4.69) is 0 Å². The lowest BCUT2D eigenvalue weighted by atomic mass is 9.81. The second-order valence-corrected chi connectivity index (χ2v) is 6.52. The van der Waals surface area contributed by atoms with Gasteiger partial charge in [-0.25, -0.2) is 0 Å². The van der Waals surface area contributed by atoms with Gasteiger partial charge in [0.05, 0.1) is 17.9 Å². The summed E-state index contributed by atoms with van der Waals surface area (Å²) >= 11 is 0. The monoisotopic (exact) mass is 269 g/mol. The average Bonchev–Trinajstić information content (AvgIpc) is 3.14. The first-order chi connectivity index (χ1) is 9.68. The van der Waals surface area contributed by atoms with Crippen molar-refractivity contribution in [1.82, 2.24) is 4.90 Å². The van der Waals surface area contributed by atoms with Gasteiger partial charge in [0.2, 0.25) is 11.8 Å². The molecule has 3 nitrogen and oxygen atoms in total. The van der Waals surface area contributed by atoms with Crippen LogP contribution < -0.4 is 0 Å². The molecule has 2 amide bonds. The Balaban J connectivity index is 1.67. The molecule has 1 saturated heterocycles. The summed E-state index contributed by atoms with van der Waals surface area (Å²) in [7, 11) is 0. The summed E-state index contributed by atoms with van der Waals surface area (Å²) in [4.78, 5) is 27.0. The van der Waals surface area contributed by atoms with Crippen LogP contribution in [0, 0.1) is 23.7 Å². The van der Waals surface area contributed by atoms with Gasteiger partial charge in [-0.15, -0.1) is 0 Å². The van der Waals surface area contributed by atoms with E-state index in [1.165, 1.54) is 0 Å². The van der Waals surface area contributed by atoms with Gasteiger partial charge in [-0.3, -0.25) is 14.5 Å². The number of imide groups is 1. The summed E-state index contributed by atoms with van der Waals surface area (Å²) in [5.41, 5.74) is 1.04. The Labute approximate surface area is 119 Å². The predicted octanol–water partition coefficient (Wildman–Crippen LogP) is 2.78. The second kappa shape index (κ2) is 4.18. The number of fused-ring (bicyclic) bond motifs is 5. The third-order valence-corrected chi connectivity index (χ3v) is 5.63. The summed E-state index contributed by atoms with van der Waals surface area (Å²) in [6.07, 6.45) is 3.37. The molecule has 2 saturated carbocycles. The minimum Gasteiger partial charge on any atom is -0.275 e. The predicted molar refractivity (Wildman–Crippen MR) is 74.5 cm³/mol. The van der Waals surface area contributed by atoms with Crippen LogP contribution in [0.2, 0.25) is 0 Å². The zero-order chi connectivity index (χ0) is 13.9. The molecule has 2 aliphatic carbocycles. The van der Waals surface area contributed by atoms with Gasteiger partial charge in [0, 0.05) is 0 Å². The van der Waals surface area contributed by atoms with Gasteiger partial charge in [-0.1, -0.05) is 30.3 Å². The normalized spacial score (nSPS) is 36.5. The highest BCUT2D eigenvalue weighted by molar-refractivity contribution is 6.06. The lowest BCUT2D eigenvalue weighted by Gasteiger charge is -2.24. The third kappa shape index (κ3) is 1.46. The van der Waals surface area contributed by atoms with Crippen LogP contribution >= 0.6 is 0 Å². The average molecular weight is 269 g/mol. The van der Waals surface area contributed by atoms with Gasteiger partial charge in [0.25, 0.3) is 0 Å². The molecule has 20 heavy (non-hydrogen) atoms. The van der Waals surface area contributed by atoms with Gasteiger partial charge in [-0.05, 0) is 43.6 Å². The number of carbonyl (C=O) groups excluding carboxylic acids is 2. The fourth-order valence-corrected chi connectivity index (χ4v) is 4.69. The fourth-order valence-electron chi connectivity index (χ4n) is 4.69. The van der Waals surface area contributed by atoms with E-state index in [0.29, 0.717) is 11.8 Å². The van der Waals surface area contributed by atoms with Crippen molar-refractivity contribution in [3.05, 3.63) is 35.9 Å². The van der Waals surface area contributed by atoms with Crippen molar-refractivity contribution in [3.63, 3.8) is 0 Å². The molecule has 4 rings (SSSR count). The molecular formula is C17H19NO2. The maximum absolute atomic E-state index is 12.7. The highest BCUT2D eigenvalue weighted by atomic mass is 16.2. The molecule has 0 unspecified atom stereocenters. The van der Waals surface area contributed by atoms with Crippen LogP contribution in [0.4, 0.5) is 0 Å². The molecule has 3 aliphatic rings. The Morgan fingerprint density at radius 2 is 1.55 bits per heavy atom. The molecule has 0 spiro atoms. The van der Waals surface area contributed by atoms with Gasteiger partial charge in [0.1, 0.15) is 0 Å². The summed E-state index contributed by atoms with van der Waals surface area (Å²) in [6.45, 7) is 1.97. The number of hydrogen-bond acceptors (Lipinski definition) is 2. The zero-order valence-corrected chi connectivity index (χ0v) is 11.7. The Hall–Kier alpha value is -1.64. The van der Waals surface area contributed by atoms with E-state index in [4.69, 9.17) is 0 Å². The fraction of sp³-hybridized carbons (Fsp3) is 0.529.